The highest BCUT2D eigenvalue weighted by Gasteiger charge is 2.32. The number of rotatable bonds is 5. The van der Waals surface area contributed by atoms with Gasteiger partial charge in [-0.25, -0.2) is 4.79 Å². The van der Waals surface area contributed by atoms with E-state index in [0.717, 1.165) is 0 Å². The number of nitrogens with one attached hydrogen (secondary N) is 1. The summed E-state index contributed by atoms with van der Waals surface area (Å²) in [6, 6.07) is 12.0. The first-order valence-corrected chi connectivity index (χ1v) is 8.56. The molecule has 0 aliphatic carbocycles. The molecular formula is C21H19NO6. The zero-order chi connectivity index (χ0) is 20.1. The average molecular weight is 381 g/mol. The number of amides is 1. The molecule has 0 spiro atoms. The molecule has 2 aromatic carbocycles. The van der Waals surface area contributed by atoms with E-state index in [1.165, 1.54) is 20.3 Å². The second-order valence-electron chi connectivity index (χ2n) is 6.08. The Hall–Kier alpha value is -3.61. The number of carbonyl (C=O) groups is 3. The zero-order valence-electron chi connectivity index (χ0n) is 15.4. The average Bonchev–Trinajstić information content (AvgIpc) is 2.71. The molecule has 1 amide bonds. The Bertz CT molecular complexity index is 950. The van der Waals surface area contributed by atoms with Crippen LogP contribution in [0.5, 0.6) is 11.5 Å². The van der Waals surface area contributed by atoms with Gasteiger partial charge < -0.3 is 19.5 Å². The molecule has 0 bridgehead atoms. The smallest absolute Gasteiger partial charge is 0.330 e. The van der Waals surface area contributed by atoms with Crippen molar-refractivity contribution in [1.29, 1.82) is 0 Å². The van der Waals surface area contributed by atoms with Crippen molar-refractivity contribution in [1.82, 2.24) is 0 Å². The van der Waals surface area contributed by atoms with Crippen LogP contribution in [0.1, 0.15) is 23.5 Å². The first-order chi connectivity index (χ1) is 13.5. The molecule has 0 saturated carbocycles. The lowest BCUT2D eigenvalue weighted by molar-refractivity contribution is -0.138. The van der Waals surface area contributed by atoms with Gasteiger partial charge in [0.15, 0.2) is 11.5 Å². The molecule has 3 rings (SSSR count). The van der Waals surface area contributed by atoms with Crippen LogP contribution in [0.3, 0.4) is 0 Å². The summed E-state index contributed by atoms with van der Waals surface area (Å²) in [5.74, 6) is -1.41. The Morgan fingerprint density at radius 2 is 1.89 bits per heavy atom. The molecule has 2 aromatic rings. The highest BCUT2D eigenvalue weighted by atomic mass is 16.6. The van der Waals surface area contributed by atoms with E-state index in [2.05, 4.69) is 10.1 Å². The van der Waals surface area contributed by atoms with Crippen LogP contribution in [0.2, 0.25) is 0 Å². The molecule has 0 fully saturated rings. The lowest BCUT2D eigenvalue weighted by Gasteiger charge is -2.24. The number of hydrogen-bond acceptors (Lipinski definition) is 6. The number of methoxy groups -OCH3 is 2. The van der Waals surface area contributed by atoms with Crippen LogP contribution < -0.4 is 14.8 Å². The summed E-state index contributed by atoms with van der Waals surface area (Å²) in [7, 11) is 2.74. The Morgan fingerprint density at radius 1 is 1.11 bits per heavy atom. The van der Waals surface area contributed by atoms with Crippen LogP contribution >= 0.6 is 0 Å². The third kappa shape index (κ3) is 4.20. The molecule has 28 heavy (non-hydrogen) atoms. The molecule has 0 radical (unpaired) electrons. The van der Waals surface area contributed by atoms with Gasteiger partial charge in [0.05, 0.1) is 20.1 Å². The summed E-state index contributed by atoms with van der Waals surface area (Å²) >= 11 is 0. The van der Waals surface area contributed by atoms with E-state index in [-0.39, 0.29) is 18.1 Å². The number of fused-ring (bicyclic) bond motifs is 1. The standard InChI is InChI=1S/C21H19NO6/c1-26-18-11-13(8-10-20(24)27-2)7-9-17(18)28-21(25)15-12-19(23)22-16-6-4-3-5-14(15)16/h3-11,15H,12H2,1-2H3,(H,22,23)/b10-8+. The van der Waals surface area contributed by atoms with Crippen LogP contribution in [0, 0.1) is 0 Å². The number of esters is 2. The maximum Gasteiger partial charge on any atom is 0.330 e. The number of hydrogen-bond donors (Lipinski definition) is 1. The molecule has 1 N–H and O–H groups in total. The van der Waals surface area contributed by atoms with E-state index in [0.29, 0.717) is 22.6 Å². The fourth-order valence-electron chi connectivity index (χ4n) is 2.91. The van der Waals surface area contributed by atoms with Crippen molar-refractivity contribution in [2.45, 2.75) is 12.3 Å². The molecule has 7 heteroatoms. The van der Waals surface area contributed by atoms with Crippen LogP contribution in [0.25, 0.3) is 6.08 Å². The van der Waals surface area contributed by atoms with Crippen LogP contribution in [-0.4, -0.2) is 32.1 Å². The fraction of sp³-hybridized carbons (Fsp3) is 0.190. The Balaban J connectivity index is 1.82. The lowest BCUT2D eigenvalue weighted by atomic mass is 9.91. The summed E-state index contributed by atoms with van der Waals surface area (Å²) in [6.45, 7) is 0. The summed E-state index contributed by atoms with van der Waals surface area (Å²) in [5, 5.41) is 2.75. The maximum atomic E-state index is 12.7. The Labute approximate surface area is 161 Å². The maximum absolute atomic E-state index is 12.7. The SMILES string of the molecule is COC(=O)/C=C/c1ccc(OC(=O)C2CC(=O)Nc3ccccc32)c(OC)c1. The van der Waals surface area contributed by atoms with Crippen LogP contribution in [0.4, 0.5) is 5.69 Å². The molecule has 144 valence electrons. The van der Waals surface area contributed by atoms with Gasteiger partial charge in [-0.3, -0.25) is 9.59 Å². The molecule has 0 aromatic heterocycles. The summed E-state index contributed by atoms with van der Waals surface area (Å²) in [4.78, 5) is 35.9. The second kappa shape index (κ2) is 8.39. The van der Waals surface area contributed by atoms with E-state index in [1.54, 1.807) is 48.5 Å². The number of para-hydroxylation sites is 1. The minimum Gasteiger partial charge on any atom is -0.493 e. The lowest BCUT2D eigenvalue weighted by Crippen LogP contribution is -2.29. The topological polar surface area (TPSA) is 90.9 Å². The van der Waals surface area contributed by atoms with Crippen molar-refractivity contribution in [2.75, 3.05) is 19.5 Å². The molecular weight excluding hydrogens is 362 g/mol. The summed E-state index contributed by atoms with van der Waals surface area (Å²) in [6.07, 6.45) is 2.85. The van der Waals surface area contributed by atoms with Crippen molar-refractivity contribution < 1.29 is 28.6 Å². The first kappa shape index (κ1) is 19.2. The van der Waals surface area contributed by atoms with Crippen molar-refractivity contribution in [3.63, 3.8) is 0 Å². The Morgan fingerprint density at radius 3 is 2.64 bits per heavy atom. The predicted octanol–water partition coefficient (Wildman–Crippen LogP) is 2.91. The monoisotopic (exact) mass is 381 g/mol. The van der Waals surface area contributed by atoms with E-state index >= 15 is 0 Å². The number of anilines is 1. The number of ether oxygens (including phenoxy) is 3. The first-order valence-electron chi connectivity index (χ1n) is 8.56. The van der Waals surface area contributed by atoms with Crippen LogP contribution in [0.15, 0.2) is 48.5 Å². The van der Waals surface area contributed by atoms with Gasteiger partial charge in [-0.05, 0) is 35.4 Å². The van der Waals surface area contributed by atoms with Crippen molar-refractivity contribution >= 4 is 29.6 Å². The highest BCUT2D eigenvalue weighted by molar-refractivity contribution is 6.00. The van der Waals surface area contributed by atoms with Gasteiger partial charge in [-0.15, -0.1) is 0 Å². The van der Waals surface area contributed by atoms with E-state index in [9.17, 15) is 14.4 Å². The minimum atomic E-state index is -0.700. The molecule has 7 nitrogen and oxygen atoms in total. The molecule has 0 saturated heterocycles. The van der Waals surface area contributed by atoms with Crippen LogP contribution in [-0.2, 0) is 19.1 Å². The predicted molar refractivity (Wildman–Crippen MR) is 102 cm³/mol. The largest absolute Gasteiger partial charge is 0.493 e. The number of carbonyl (C=O) groups excluding carboxylic acids is 3. The summed E-state index contributed by atoms with van der Waals surface area (Å²) in [5.41, 5.74) is 1.99. The highest BCUT2D eigenvalue weighted by Crippen LogP contribution is 2.35. The second-order valence-corrected chi connectivity index (χ2v) is 6.08. The molecule has 1 atom stereocenters. The van der Waals surface area contributed by atoms with Gasteiger partial charge in [0.25, 0.3) is 0 Å². The van der Waals surface area contributed by atoms with E-state index in [1.807, 2.05) is 0 Å². The fourth-order valence-corrected chi connectivity index (χ4v) is 2.91. The third-order valence-electron chi connectivity index (χ3n) is 4.30. The van der Waals surface area contributed by atoms with Gasteiger partial charge in [0, 0.05) is 18.2 Å². The quantitative estimate of drug-likeness (QED) is 0.487. The zero-order valence-corrected chi connectivity index (χ0v) is 15.4. The third-order valence-corrected chi connectivity index (χ3v) is 4.30. The van der Waals surface area contributed by atoms with Gasteiger partial charge in [-0.1, -0.05) is 24.3 Å². The number of benzene rings is 2. The molecule has 1 unspecified atom stereocenters. The normalized spacial score (nSPS) is 15.5. The Kier molecular flexibility index (Phi) is 5.74. The van der Waals surface area contributed by atoms with Crippen molar-refractivity contribution in [3.05, 3.63) is 59.7 Å². The van der Waals surface area contributed by atoms with Gasteiger partial charge in [0.1, 0.15) is 0 Å². The van der Waals surface area contributed by atoms with Gasteiger partial charge >= 0.3 is 11.9 Å². The molecule has 1 heterocycles. The van der Waals surface area contributed by atoms with E-state index in [4.69, 9.17) is 9.47 Å². The van der Waals surface area contributed by atoms with Crippen molar-refractivity contribution in [3.8, 4) is 11.5 Å². The van der Waals surface area contributed by atoms with E-state index < -0.39 is 17.9 Å². The molecule has 1 aliphatic heterocycles. The van der Waals surface area contributed by atoms with Crippen molar-refractivity contribution in [2.24, 2.45) is 0 Å². The minimum absolute atomic E-state index is 0.0120. The van der Waals surface area contributed by atoms with Gasteiger partial charge in [0.2, 0.25) is 5.91 Å². The molecule has 1 aliphatic rings. The summed E-state index contributed by atoms with van der Waals surface area (Å²) < 4.78 is 15.4. The van der Waals surface area contributed by atoms with Gasteiger partial charge in [-0.2, -0.15) is 0 Å².